The number of nitrogens with zero attached hydrogens (tertiary/aromatic N) is 1. The minimum Gasteiger partial charge on any atom is -0.369 e. The normalized spacial score (nSPS) is 16.7. The molecule has 1 saturated heterocycles. The van der Waals surface area contributed by atoms with E-state index in [1.165, 1.54) is 12.1 Å². The molecule has 0 atom stereocenters. The first kappa shape index (κ1) is 15.9. The monoisotopic (exact) mass is 357 g/mol. The van der Waals surface area contributed by atoms with Crippen LogP contribution in [0.15, 0.2) is 22.7 Å². The van der Waals surface area contributed by atoms with Crippen molar-refractivity contribution in [3.8, 4) is 0 Å². The predicted octanol–water partition coefficient (Wildman–Crippen LogP) is 1.27. The van der Waals surface area contributed by atoms with E-state index in [0.717, 1.165) is 12.8 Å². The van der Waals surface area contributed by atoms with Crippen LogP contribution in [0, 0.1) is 5.82 Å². The molecule has 0 unspecified atom stereocenters. The number of carbonyl (C=O) groups excluding carboxylic acids is 2. The van der Waals surface area contributed by atoms with Gasteiger partial charge in [-0.1, -0.05) is 15.9 Å². The SMILES string of the molecule is NC(=O)CN1CCC(NC(=O)c2ccc(Br)cc2F)CC1. The molecule has 3 N–H and O–H groups in total. The lowest BCUT2D eigenvalue weighted by molar-refractivity contribution is -0.119. The van der Waals surface area contributed by atoms with Gasteiger partial charge in [0.25, 0.3) is 5.91 Å². The Morgan fingerprint density at radius 1 is 1.38 bits per heavy atom. The summed E-state index contributed by atoms with van der Waals surface area (Å²) in [6.07, 6.45) is 1.44. The number of carbonyl (C=O) groups is 2. The van der Waals surface area contributed by atoms with Crippen LogP contribution in [0.25, 0.3) is 0 Å². The lowest BCUT2D eigenvalue weighted by atomic mass is 10.0. The molecule has 0 bridgehead atoms. The highest BCUT2D eigenvalue weighted by atomic mass is 79.9. The van der Waals surface area contributed by atoms with Crippen molar-refractivity contribution in [1.29, 1.82) is 0 Å². The minimum atomic E-state index is -0.548. The Bertz CT molecular complexity index is 545. The summed E-state index contributed by atoms with van der Waals surface area (Å²) in [6, 6.07) is 4.35. The Morgan fingerprint density at radius 3 is 2.62 bits per heavy atom. The van der Waals surface area contributed by atoms with Crippen molar-refractivity contribution in [3.63, 3.8) is 0 Å². The van der Waals surface area contributed by atoms with Crippen molar-refractivity contribution in [3.05, 3.63) is 34.1 Å². The largest absolute Gasteiger partial charge is 0.369 e. The lowest BCUT2D eigenvalue weighted by Gasteiger charge is -2.31. The fourth-order valence-corrected chi connectivity index (χ4v) is 2.73. The van der Waals surface area contributed by atoms with Crippen LogP contribution in [-0.4, -0.2) is 42.4 Å². The van der Waals surface area contributed by atoms with Crippen molar-refractivity contribution in [1.82, 2.24) is 10.2 Å². The van der Waals surface area contributed by atoms with Crippen LogP contribution < -0.4 is 11.1 Å². The van der Waals surface area contributed by atoms with Gasteiger partial charge in [-0.2, -0.15) is 0 Å². The number of nitrogens with one attached hydrogen (secondary N) is 1. The highest BCUT2D eigenvalue weighted by molar-refractivity contribution is 9.10. The highest BCUT2D eigenvalue weighted by Crippen LogP contribution is 2.16. The summed E-state index contributed by atoms with van der Waals surface area (Å²) in [5.41, 5.74) is 5.19. The van der Waals surface area contributed by atoms with Gasteiger partial charge in [0.1, 0.15) is 5.82 Å². The number of primary amides is 1. The predicted molar refractivity (Wildman–Crippen MR) is 80.2 cm³/mol. The fraction of sp³-hybridized carbons (Fsp3) is 0.429. The third-order valence-corrected chi connectivity index (χ3v) is 3.97. The van der Waals surface area contributed by atoms with Gasteiger partial charge in [-0.25, -0.2) is 4.39 Å². The van der Waals surface area contributed by atoms with E-state index in [9.17, 15) is 14.0 Å². The van der Waals surface area contributed by atoms with Crippen LogP contribution in [0.1, 0.15) is 23.2 Å². The molecule has 1 aromatic rings. The van der Waals surface area contributed by atoms with E-state index in [4.69, 9.17) is 5.73 Å². The molecule has 1 aromatic carbocycles. The summed E-state index contributed by atoms with van der Waals surface area (Å²) in [7, 11) is 0. The molecule has 1 heterocycles. The smallest absolute Gasteiger partial charge is 0.254 e. The van der Waals surface area contributed by atoms with Crippen LogP contribution in [0.5, 0.6) is 0 Å². The van der Waals surface area contributed by atoms with Crippen molar-refractivity contribution in [2.45, 2.75) is 18.9 Å². The van der Waals surface area contributed by atoms with Gasteiger partial charge in [-0.15, -0.1) is 0 Å². The summed E-state index contributed by atoms with van der Waals surface area (Å²) >= 11 is 3.16. The maximum Gasteiger partial charge on any atom is 0.254 e. The highest BCUT2D eigenvalue weighted by Gasteiger charge is 2.22. The Kier molecular flexibility index (Phi) is 5.30. The summed E-state index contributed by atoms with van der Waals surface area (Å²) in [6.45, 7) is 1.62. The van der Waals surface area contributed by atoms with Crippen LogP contribution >= 0.6 is 15.9 Å². The Morgan fingerprint density at radius 2 is 2.05 bits per heavy atom. The Hall–Kier alpha value is -1.47. The minimum absolute atomic E-state index is 0.00956. The molecule has 2 amide bonds. The number of benzene rings is 1. The number of halogens is 2. The molecular formula is C14H17BrFN3O2. The summed E-state index contributed by atoms with van der Waals surface area (Å²) in [5, 5.41) is 2.83. The zero-order valence-electron chi connectivity index (χ0n) is 11.4. The zero-order valence-corrected chi connectivity index (χ0v) is 13.0. The Balaban J connectivity index is 1.88. The number of amides is 2. The molecular weight excluding hydrogens is 341 g/mol. The van der Waals surface area contributed by atoms with Gasteiger partial charge in [-0.05, 0) is 31.0 Å². The van der Waals surface area contributed by atoms with Gasteiger partial charge in [0.15, 0.2) is 0 Å². The molecule has 21 heavy (non-hydrogen) atoms. The molecule has 1 fully saturated rings. The van der Waals surface area contributed by atoms with Crippen molar-refractivity contribution >= 4 is 27.7 Å². The van der Waals surface area contributed by atoms with Gasteiger partial charge >= 0.3 is 0 Å². The molecule has 1 aliphatic heterocycles. The number of nitrogens with two attached hydrogens (primary N) is 1. The molecule has 0 aliphatic carbocycles. The van der Waals surface area contributed by atoms with Gasteiger partial charge in [0.05, 0.1) is 12.1 Å². The number of hydrogen-bond donors (Lipinski definition) is 2. The molecule has 0 aromatic heterocycles. The molecule has 114 valence electrons. The van der Waals surface area contributed by atoms with Crippen molar-refractivity contribution in [2.75, 3.05) is 19.6 Å². The number of likely N-dealkylation sites (tertiary alicyclic amines) is 1. The maximum atomic E-state index is 13.7. The molecule has 0 radical (unpaired) electrons. The van der Waals surface area contributed by atoms with E-state index in [0.29, 0.717) is 17.6 Å². The molecule has 0 saturated carbocycles. The number of rotatable bonds is 4. The quantitative estimate of drug-likeness (QED) is 0.851. The van der Waals surface area contributed by atoms with E-state index < -0.39 is 11.7 Å². The molecule has 1 aliphatic rings. The third-order valence-electron chi connectivity index (χ3n) is 3.48. The van der Waals surface area contributed by atoms with Gasteiger partial charge < -0.3 is 11.1 Å². The summed E-state index contributed by atoms with van der Waals surface area (Å²) in [5.74, 6) is -1.31. The fourth-order valence-electron chi connectivity index (χ4n) is 2.39. The molecule has 5 nitrogen and oxygen atoms in total. The van der Waals surface area contributed by atoms with Crippen LogP contribution in [0.4, 0.5) is 4.39 Å². The maximum absolute atomic E-state index is 13.7. The van der Waals surface area contributed by atoms with E-state index in [2.05, 4.69) is 21.2 Å². The van der Waals surface area contributed by atoms with Gasteiger partial charge in [0.2, 0.25) is 5.91 Å². The van der Waals surface area contributed by atoms with Crippen LogP contribution in [-0.2, 0) is 4.79 Å². The third kappa shape index (κ3) is 4.50. The molecule has 2 rings (SSSR count). The summed E-state index contributed by atoms with van der Waals surface area (Å²) < 4.78 is 14.3. The van der Waals surface area contributed by atoms with Crippen LogP contribution in [0.2, 0.25) is 0 Å². The second-order valence-electron chi connectivity index (χ2n) is 5.11. The Labute approximate surface area is 130 Å². The van der Waals surface area contributed by atoms with Crippen molar-refractivity contribution in [2.24, 2.45) is 5.73 Å². The molecule has 0 spiro atoms. The average molecular weight is 358 g/mol. The zero-order chi connectivity index (χ0) is 15.4. The van der Waals surface area contributed by atoms with E-state index in [-0.39, 0.29) is 24.1 Å². The van der Waals surface area contributed by atoms with E-state index >= 15 is 0 Å². The van der Waals surface area contributed by atoms with Crippen LogP contribution in [0.3, 0.4) is 0 Å². The first-order valence-electron chi connectivity index (χ1n) is 6.72. The van der Waals surface area contributed by atoms with Gasteiger partial charge in [-0.3, -0.25) is 14.5 Å². The second-order valence-corrected chi connectivity index (χ2v) is 6.03. The standard InChI is InChI=1S/C14H17BrFN3O2/c15-9-1-2-11(12(16)7-9)14(21)18-10-3-5-19(6-4-10)8-13(17)20/h1-2,7,10H,3-6,8H2,(H2,17,20)(H,18,21). The lowest BCUT2D eigenvalue weighted by Crippen LogP contribution is -2.46. The number of hydrogen-bond acceptors (Lipinski definition) is 3. The van der Waals surface area contributed by atoms with E-state index in [1.807, 2.05) is 4.90 Å². The van der Waals surface area contributed by atoms with E-state index in [1.54, 1.807) is 6.07 Å². The average Bonchev–Trinajstić information content (AvgIpc) is 2.40. The van der Waals surface area contributed by atoms with Gasteiger partial charge in [0, 0.05) is 23.6 Å². The second kappa shape index (κ2) is 7.00. The first-order chi connectivity index (χ1) is 9.95. The summed E-state index contributed by atoms with van der Waals surface area (Å²) in [4.78, 5) is 24.8. The number of piperidine rings is 1. The topological polar surface area (TPSA) is 75.4 Å². The van der Waals surface area contributed by atoms with Crippen molar-refractivity contribution < 1.29 is 14.0 Å². The molecule has 7 heteroatoms. The first-order valence-corrected chi connectivity index (χ1v) is 7.51.